The summed E-state index contributed by atoms with van der Waals surface area (Å²) in [5.41, 5.74) is 1.37. The van der Waals surface area contributed by atoms with Gasteiger partial charge in [-0.1, -0.05) is 35.2 Å². The zero-order valence-corrected chi connectivity index (χ0v) is 15.3. The van der Waals surface area contributed by atoms with E-state index < -0.39 is 16.9 Å². The average Bonchev–Trinajstić information content (AvgIpc) is 3.29. The Morgan fingerprint density at radius 1 is 1.25 bits per heavy atom. The van der Waals surface area contributed by atoms with Crippen molar-refractivity contribution in [2.75, 3.05) is 0 Å². The second-order valence-corrected chi connectivity index (χ2v) is 7.58. The van der Waals surface area contributed by atoms with Gasteiger partial charge in [0.25, 0.3) is 0 Å². The predicted molar refractivity (Wildman–Crippen MR) is 101 cm³/mol. The third-order valence-electron chi connectivity index (χ3n) is 6.31. The number of aromatic amines is 1. The molecule has 5 rings (SSSR count). The molecule has 0 spiro atoms. The SMILES string of the molecule is C=C(C)[C@]1(n2[nH]c(=O)n(-c3ccccc3)c2=O)[C@@H]2CC[C@H]1c1cn[n+]([O-])cc12. The first-order valence-electron chi connectivity index (χ1n) is 9.21. The lowest BCUT2D eigenvalue weighted by Gasteiger charge is -2.35. The van der Waals surface area contributed by atoms with Crippen LogP contribution in [0.3, 0.4) is 0 Å². The van der Waals surface area contributed by atoms with Gasteiger partial charge in [0.1, 0.15) is 5.54 Å². The van der Waals surface area contributed by atoms with Crippen LogP contribution in [0, 0.1) is 5.21 Å². The van der Waals surface area contributed by atoms with Crippen LogP contribution in [-0.2, 0) is 5.54 Å². The zero-order valence-electron chi connectivity index (χ0n) is 15.3. The Kier molecular flexibility index (Phi) is 3.31. The van der Waals surface area contributed by atoms with Crippen molar-refractivity contribution in [1.82, 2.24) is 19.4 Å². The van der Waals surface area contributed by atoms with Crippen LogP contribution in [0.5, 0.6) is 0 Å². The van der Waals surface area contributed by atoms with E-state index in [1.165, 1.54) is 10.9 Å². The number of allylic oxidation sites excluding steroid dienone is 1. The van der Waals surface area contributed by atoms with Crippen LogP contribution >= 0.6 is 0 Å². The summed E-state index contributed by atoms with van der Waals surface area (Å²) in [6, 6.07) is 8.82. The summed E-state index contributed by atoms with van der Waals surface area (Å²) in [5.74, 6) is -0.188. The molecule has 0 amide bonds. The molecule has 0 saturated heterocycles. The Morgan fingerprint density at radius 3 is 2.61 bits per heavy atom. The van der Waals surface area contributed by atoms with Crippen LogP contribution < -0.4 is 16.2 Å². The lowest BCUT2D eigenvalue weighted by molar-refractivity contribution is -0.669. The highest BCUT2D eigenvalue weighted by molar-refractivity contribution is 5.48. The van der Waals surface area contributed by atoms with E-state index in [0.717, 1.165) is 34.1 Å². The normalized spacial score (nSPS) is 25.0. The minimum absolute atomic E-state index is 0.0707. The van der Waals surface area contributed by atoms with E-state index in [-0.39, 0.29) is 11.8 Å². The minimum atomic E-state index is -0.811. The van der Waals surface area contributed by atoms with Crippen LogP contribution in [0.4, 0.5) is 0 Å². The van der Waals surface area contributed by atoms with Crippen LogP contribution in [0.1, 0.15) is 42.7 Å². The number of hydrogen-bond acceptors (Lipinski definition) is 4. The molecule has 0 radical (unpaired) electrons. The molecule has 2 bridgehead atoms. The quantitative estimate of drug-likeness (QED) is 0.422. The van der Waals surface area contributed by atoms with E-state index in [0.29, 0.717) is 10.5 Å². The summed E-state index contributed by atoms with van der Waals surface area (Å²) in [5, 5.41) is 18.4. The summed E-state index contributed by atoms with van der Waals surface area (Å²) < 4.78 is 2.57. The van der Waals surface area contributed by atoms with Crippen molar-refractivity contribution in [3.8, 4) is 5.69 Å². The number of H-pyrrole nitrogens is 1. The number of hydrogen-bond donors (Lipinski definition) is 1. The van der Waals surface area contributed by atoms with Crippen LogP contribution in [-0.4, -0.2) is 19.4 Å². The van der Waals surface area contributed by atoms with Crippen LogP contribution in [0.15, 0.2) is 64.5 Å². The fourth-order valence-electron chi connectivity index (χ4n) is 5.34. The van der Waals surface area contributed by atoms with Crippen molar-refractivity contribution in [1.29, 1.82) is 0 Å². The van der Waals surface area contributed by atoms with Gasteiger partial charge in [0.05, 0.1) is 11.9 Å². The van der Waals surface area contributed by atoms with Crippen molar-refractivity contribution in [3.05, 3.63) is 92.2 Å². The molecular weight excluding hydrogens is 358 g/mol. The molecule has 2 heterocycles. The molecule has 3 atom stereocenters. The molecule has 0 aliphatic heterocycles. The highest BCUT2D eigenvalue weighted by Crippen LogP contribution is 2.64. The number of aromatic nitrogens is 5. The minimum Gasteiger partial charge on any atom is -0.594 e. The average molecular weight is 377 g/mol. The molecule has 1 saturated carbocycles. The van der Waals surface area contributed by atoms with Gasteiger partial charge in [-0.15, -0.1) is 0 Å². The molecule has 2 aliphatic rings. The van der Waals surface area contributed by atoms with Crippen molar-refractivity contribution >= 4 is 0 Å². The fraction of sp³-hybridized carbons (Fsp3) is 0.300. The molecule has 8 nitrogen and oxygen atoms in total. The highest BCUT2D eigenvalue weighted by Gasteiger charge is 2.61. The fourth-order valence-corrected chi connectivity index (χ4v) is 5.34. The van der Waals surface area contributed by atoms with Gasteiger partial charge in [0.2, 0.25) is 6.20 Å². The molecule has 28 heavy (non-hydrogen) atoms. The molecule has 2 aliphatic carbocycles. The van der Waals surface area contributed by atoms with Gasteiger partial charge in [-0.05, 0) is 37.5 Å². The molecular formula is C20H19N5O3. The zero-order chi connectivity index (χ0) is 19.6. The molecule has 2 aromatic heterocycles. The summed E-state index contributed by atoms with van der Waals surface area (Å²) in [4.78, 5) is 26.7. The number of rotatable bonds is 3. The van der Waals surface area contributed by atoms with Gasteiger partial charge < -0.3 is 5.21 Å². The van der Waals surface area contributed by atoms with E-state index in [1.807, 2.05) is 13.0 Å². The Morgan fingerprint density at radius 2 is 1.93 bits per heavy atom. The Labute approximate surface area is 159 Å². The van der Waals surface area contributed by atoms with Crippen molar-refractivity contribution in [2.45, 2.75) is 37.1 Å². The first kappa shape index (κ1) is 16.7. The standard InChI is InChI=1S/C20H19N5O3/c1-12(2)20(16-8-9-17(20)15-11-23(28)21-10-14(15)16)25-19(27)24(18(26)22-25)13-6-4-3-5-7-13/h3-7,10-11,16-17H,1,8-9H2,2H3,(H,22,26)/t16-,17+,20+/m0/s1. The summed E-state index contributed by atoms with van der Waals surface area (Å²) in [6.07, 6.45) is 4.70. The molecule has 3 aromatic rings. The third-order valence-corrected chi connectivity index (χ3v) is 6.31. The number of nitrogens with zero attached hydrogens (tertiary/aromatic N) is 4. The van der Waals surface area contributed by atoms with E-state index in [1.54, 1.807) is 30.5 Å². The Bertz CT molecular complexity index is 1220. The smallest absolute Gasteiger partial charge is 0.352 e. The van der Waals surface area contributed by atoms with Gasteiger partial charge in [0, 0.05) is 22.5 Å². The summed E-state index contributed by atoms with van der Waals surface area (Å²) >= 11 is 0. The molecule has 0 unspecified atom stereocenters. The van der Waals surface area contributed by atoms with Gasteiger partial charge >= 0.3 is 11.4 Å². The Balaban J connectivity index is 1.78. The molecule has 1 fully saturated rings. The van der Waals surface area contributed by atoms with E-state index in [2.05, 4.69) is 16.8 Å². The lowest BCUT2D eigenvalue weighted by Crippen LogP contribution is -2.45. The van der Waals surface area contributed by atoms with Gasteiger partial charge in [0.15, 0.2) is 0 Å². The summed E-state index contributed by atoms with van der Waals surface area (Å²) in [6.45, 7) is 6.06. The largest absolute Gasteiger partial charge is 0.594 e. The van der Waals surface area contributed by atoms with Gasteiger partial charge in [-0.3, -0.25) is 0 Å². The molecule has 142 valence electrons. The van der Waals surface area contributed by atoms with Gasteiger partial charge in [-0.2, -0.15) is 0 Å². The van der Waals surface area contributed by atoms with E-state index >= 15 is 0 Å². The molecule has 1 N–H and O–H groups in total. The maximum atomic E-state index is 13.4. The van der Waals surface area contributed by atoms with Crippen LogP contribution in [0.2, 0.25) is 0 Å². The number of benzene rings is 1. The topological polar surface area (TPSA) is 99.6 Å². The molecule has 8 heteroatoms. The second kappa shape index (κ2) is 5.54. The number of nitrogens with one attached hydrogen (secondary N) is 1. The van der Waals surface area contributed by atoms with E-state index in [9.17, 15) is 14.8 Å². The Hall–Kier alpha value is -3.42. The van der Waals surface area contributed by atoms with Crippen molar-refractivity contribution < 1.29 is 4.85 Å². The molecule has 1 aromatic carbocycles. The van der Waals surface area contributed by atoms with Crippen molar-refractivity contribution in [2.24, 2.45) is 0 Å². The van der Waals surface area contributed by atoms with Gasteiger partial charge in [-0.25, -0.2) is 23.9 Å². The second-order valence-electron chi connectivity index (χ2n) is 7.58. The summed E-state index contributed by atoms with van der Waals surface area (Å²) in [7, 11) is 0. The first-order valence-corrected chi connectivity index (χ1v) is 9.21. The predicted octanol–water partition coefficient (Wildman–Crippen LogP) is 1.30. The highest BCUT2D eigenvalue weighted by atomic mass is 16.5. The lowest BCUT2D eigenvalue weighted by atomic mass is 9.79. The maximum Gasteiger partial charge on any atom is 0.352 e. The maximum absolute atomic E-state index is 13.4. The first-order chi connectivity index (χ1) is 13.5. The van der Waals surface area contributed by atoms with Crippen LogP contribution in [0.25, 0.3) is 5.69 Å². The number of para-hydroxylation sites is 1. The van der Waals surface area contributed by atoms with E-state index in [4.69, 9.17) is 0 Å². The monoisotopic (exact) mass is 377 g/mol. The number of fused-ring (bicyclic) bond motifs is 5. The third kappa shape index (κ3) is 1.89. The van der Waals surface area contributed by atoms with Crippen molar-refractivity contribution in [3.63, 3.8) is 0 Å².